The summed E-state index contributed by atoms with van der Waals surface area (Å²) in [5, 5.41) is 0. The molecule has 7 heteroatoms. The molecule has 4 rings (SSSR count). The number of piperidine rings is 1. The number of nitrogens with zero attached hydrogens (tertiary/aromatic N) is 3. The number of aliphatic imine (C=N–C) groups is 1. The van der Waals surface area contributed by atoms with Crippen molar-refractivity contribution in [2.24, 2.45) is 4.99 Å². The van der Waals surface area contributed by atoms with Crippen LogP contribution < -0.4 is 4.74 Å². The monoisotopic (exact) mass is 447 g/mol. The van der Waals surface area contributed by atoms with Crippen molar-refractivity contribution in [2.45, 2.75) is 45.3 Å². The Labute approximate surface area is 194 Å². The van der Waals surface area contributed by atoms with Crippen LogP contribution in [-0.4, -0.2) is 58.8 Å². The van der Waals surface area contributed by atoms with Gasteiger partial charge in [-0.3, -0.25) is 14.8 Å². The maximum atomic E-state index is 12.2. The van der Waals surface area contributed by atoms with E-state index in [1.807, 2.05) is 63.2 Å². The molecule has 1 amide bonds. The Morgan fingerprint density at radius 3 is 2.42 bits per heavy atom. The van der Waals surface area contributed by atoms with Crippen molar-refractivity contribution in [2.75, 3.05) is 19.6 Å². The highest BCUT2D eigenvalue weighted by Crippen LogP contribution is 2.25. The Kier molecular flexibility index (Phi) is 6.58. The highest BCUT2D eigenvalue weighted by atomic mass is 16.6. The first-order chi connectivity index (χ1) is 15.8. The number of hydrogen-bond donors (Lipinski definition) is 0. The predicted octanol–water partition coefficient (Wildman–Crippen LogP) is 4.32. The summed E-state index contributed by atoms with van der Waals surface area (Å²) in [5.41, 5.74) is 2.63. The van der Waals surface area contributed by atoms with Crippen molar-refractivity contribution >= 4 is 23.2 Å². The molecule has 0 aliphatic carbocycles. The Bertz CT molecular complexity index is 1060. The number of rotatable bonds is 4. The van der Waals surface area contributed by atoms with Crippen LogP contribution >= 0.6 is 0 Å². The minimum atomic E-state index is -0.492. The van der Waals surface area contributed by atoms with Crippen LogP contribution in [0.5, 0.6) is 5.75 Å². The van der Waals surface area contributed by atoms with Gasteiger partial charge in [-0.05, 0) is 63.2 Å². The fraction of sp³-hybridized carbons (Fsp3) is 0.385. The number of aromatic nitrogens is 1. The van der Waals surface area contributed by atoms with Gasteiger partial charge in [0, 0.05) is 43.3 Å². The first kappa shape index (κ1) is 22.7. The van der Waals surface area contributed by atoms with E-state index in [1.54, 1.807) is 17.2 Å². The standard InChI is InChI=1S/C26H29N3O4/c1-26(2,3)33-25(31)29-14-11-21(12-15-29)32-20-9-7-18(8-10-20)24-22(16-19(30)17-28-24)23-6-4-5-13-27-23/h4-10,13,16,21H,11-12,14-15,17H2,1-3H3. The van der Waals surface area contributed by atoms with E-state index < -0.39 is 5.60 Å². The Morgan fingerprint density at radius 1 is 1.06 bits per heavy atom. The van der Waals surface area contributed by atoms with Crippen LogP contribution in [0, 0.1) is 0 Å². The van der Waals surface area contributed by atoms with E-state index in [9.17, 15) is 9.59 Å². The molecule has 1 fully saturated rings. The molecular weight excluding hydrogens is 418 g/mol. The van der Waals surface area contributed by atoms with E-state index in [0.29, 0.717) is 13.1 Å². The first-order valence-corrected chi connectivity index (χ1v) is 11.2. The zero-order valence-corrected chi connectivity index (χ0v) is 19.3. The molecule has 0 atom stereocenters. The van der Waals surface area contributed by atoms with E-state index in [2.05, 4.69) is 9.98 Å². The number of pyridine rings is 1. The zero-order chi connectivity index (χ0) is 23.4. The van der Waals surface area contributed by atoms with E-state index in [1.165, 1.54) is 0 Å². The molecule has 0 spiro atoms. The molecule has 0 saturated carbocycles. The van der Waals surface area contributed by atoms with Gasteiger partial charge in [0.2, 0.25) is 0 Å². The quantitative estimate of drug-likeness (QED) is 0.697. The molecular formula is C26H29N3O4. The summed E-state index contributed by atoms with van der Waals surface area (Å²) >= 11 is 0. The van der Waals surface area contributed by atoms with Crippen LogP contribution in [0.1, 0.15) is 44.9 Å². The second-order valence-corrected chi connectivity index (χ2v) is 9.21. The number of benzene rings is 1. The largest absolute Gasteiger partial charge is 0.490 e. The van der Waals surface area contributed by atoms with E-state index >= 15 is 0 Å². The summed E-state index contributed by atoms with van der Waals surface area (Å²) < 4.78 is 11.6. The Morgan fingerprint density at radius 2 is 1.79 bits per heavy atom. The van der Waals surface area contributed by atoms with Gasteiger partial charge in [-0.2, -0.15) is 0 Å². The zero-order valence-electron chi connectivity index (χ0n) is 19.3. The first-order valence-electron chi connectivity index (χ1n) is 11.2. The summed E-state index contributed by atoms with van der Waals surface area (Å²) in [6, 6.07) is 13.4. The van der Waals surface area contributed by atoms with Crippen LogP contribution in [0.4, 0.5) is 4.79 Å². The van der Waals surface area contributed by atoms with E-state index in [4.69, 9.17) is 9.47 Å². The van der Waals surface area contributed by atoms with Gasteiger partial charge in [0.15, 0.2) is 5.78 Å². The molecule has 1 aromatic heterocycles. The normalized spacial score (nSPS) is 17.3. The minimum absolute atomic E-state index is 0.0305. The van der Waals surface area contributed by atoms with Gasteiger partial charge in [0.05, 0.1) is 11.4 Å². The van der Waals surface area contributed by atoms with E-state index in [0.717, 1.165) is 41.1 Å². The van der Waals surface area contributed by atoms with Gasteiger partial charge in [-0.15, -0.1) is 0 Å². The van der Waals surface area contributed by atoms with Crippen molar-refractivity contribution in [3.63, 3.8) is 0 Å². The summed E-state index contributed by atoms with van der Waals surface area (Å²) in [7, 11) is 0. The number of carbonyl (C=O) groups is 2. The number of carbonyl (C=O) groups excluding carboxylic acids is 2. The average molecular weight is 448 g/mol. The number of ketones is 1. The fourth-order valence-corrected chi connectivity index (χ4v) is 3.85. The van der Waals surface area contributed by atoms with Crippen LogP contribution in [-0.2, 0) is 9.53 Å². The van der Waals surface area contributed by atoms with Crippen LogP contribution in [0.25, 0.3) is 5.57 Å². The fourth-order valence-electron chi connectivity index (χ4n) is 3.85. The molecule has 1 aromatic carbocycles. The third-order valence-electron chi connectivity index (χ3n) is 5.42. The van der Waals surface area contributed by atoms with Crippen molar-refractivity contribution in [1.82, 2.24) is 9.88 Å². The summed E-state index contributed by atoms with van der Waals surface area (Å²) in [4.78, 5) is 34.8. The third-order valence-corrected chi connectivity index (χ3v) is 5.42. The van der Waals surface area contributed by atoms with Crippen molar-refractivity contribution in [3.05, 3.63) is 66.0 Å². The molecule has 0 unspecified atom stereocenters. The molecule has 7 nitrogen and oxygen atoms in total. The second kappa shape index (κ2) is 9.57. The highest BCUT2D eigenvalue weighted by Gasteiger charge is 2.27. The molecule has 172 valence electrons. The summed E-state index contributed by atoms with van der Waals surface area (Å²) in [6.07, 6.45) is 4.60. The number of likely N-dealkylation sites (tertiary alicyclic amines) is 1. The number of ether oxygens (including phenoxy) is 2. The minimum Gasteiger partial charge on any atom is -0.490 e. The van der Waals surface area contributed by atoms with Gasteiger partial charge < -0.3 is 14.4 Å². The molecule has 2 aromatic rings. The molecule has 33 heavy (non-hydrogen) atoms. The van der Waals surface area contributed by atoms with Gasteiger partial charge in [0.25, 0.3) is 0 Å². The lowest BCUT2D eigenvalue weighted by atomic mass is 9.96. The Hall–Kier alpha value is -3.48. The maximum Gasteiger partial charge on any atom is 0.410 e. The lowest BCUT2D eigenvalue weighted by molar-refractivity contribution is -0.113. The van der Waals surface area contributed by atoms with Crippen LogP contribution in [0.2, 0.25) is 0 Å². The van der Waals surface area contributed by atoms with Crippen molar-refractivity contribution < 1.29 is 19.1 Å². The van der Waals surface area contributed by atoms with Crippen molar-refractivity contribution in [1.29, 1.82) is 0 Å². The third kappa shape index (κ3) is 5.86. The van der Waals surface area contributed by atoms with Gasteiger partial charge >= 0.3 is 6.09 Å². The van der Waals surface area contributed by atoms with Crippen LogP contribution in [0.15, 0.2) is 59.7 Å². The molecule has 2 aliphatic heterocycles. The lowest BCUT2D eigenvalue weighted by Gasteiger charge is -2.33. The SMILES string of the molecule is CC(C)(C)OC(=O)N1CCC(Oc2ccc(C3=NCC(=O)C=C3c3ccccn3)cc2)CC1. The highest BCUT2D eigenvalue weighted by molar-refractivity contribution is 6.35. The number of allylic oxidation sites excluding steroid dienone is 1. The molecule has 0 N–H and O–H groups in total. The van der Waals surface area contributed by atoms with Gasteiger partial charge in [-0.25, -0.2) is 4.79 Å². The summed E-state index contributed by atoms with van der Waals surface area (Å²) in [6.45, 7) is 6.98. The lowest BCUT2D eigenvalue weighted by Crippen LogP contribution is -2.44. The maximum absolute atomic E-state index is 12.2. The Balaban J connectivity index is 1.38. The van der Waals surface area contributed by atoms with Crippen molar-refractivity contribution in [3.8, 4) is 5.75 Å². The predicted molar refractivity (Wildman–Crippen MR) is 127 cm³/mol. The summed E-state index contributed by atoms with van der Waals surface area (Å²) in [5.74, 6) is 0.738. The molecule has 0 radical (unpaired) electrons. The molecule has 3 heterocycles. The smallest absolute Gasteiger partial charge is 0.410 e. The topological polar surface area (TPSA) is 81.1 Å². The number of dihydropyridines is 1. The molecule has 2 aliphatic rings. The van der Waals surface area contributed by atoms with Gasteiger partial charge in [-0.1, -0.05) is 6.07 Å². The van der Waals surface area contributed by atoms with Gasteiger partial charge in [0.1, 0.15) is 24.0 Å². The van der Waals surface area contributed by atoms with Crippen LogP contribution in [0.3, 0.4) is 0 Å². The second-order valence-electron chi connectivity index (χ2n) is 9.21. The van der Waals surface area contributed by atoms with E-state index in [-0.39, 0.29) is 24.5 Å². The average Bonchev–Trinajstić information content (AvgIpc) is 2.80. The number of hydrogen-bond acceptors (Lipinski definition) is 6. The molecule has 1 saturated heterocycles. The molecule has 0 bridgehead atoms. The number of amides is 1.